The van der Waals surface area contributed by atoms with Gasteiger partial charge in [0.2, 0.25) is 10.0 Å². The predicted molar refractivity (Wildman–Crippen MR) is 85.6 cm³/mol. The van der Waals surface area contributed by atoms with Gasteiger partial charge in [-0.2, -0.15) is 0 Å². The number of halogens is 1. The van der Waals surface area contributed by atoms with Crippen LogP contribution in [0, 0.1) is 0 Å². The van der Waals surface area contributed by atoms with E-state index < -0.39 is 10.0 Å². The van der Waals surface area contributed by atoms with Gasteiger partial charge in [0.25, 0.3) is 0 Å². The van der Waals surface area contributed by atoms with Crippen LogP contribution in [0.25, 0.3) is 0 Å². The monoisotopic (exact) mass is 341 g/mol. The Balaban J connectivity index is 2.28. The summed E-state index contributed by atoms with van der Waals surface area (Å²) in [6.45, 7) is 0.0632. The zero-order valence-corrected chi connectivity index (χ0v) is 13.2. The lowest BCUT2D eigenvalue weighted by Crippen LogP contribution is -2.27. The highest BCUT2D eigenvalue weighted by molar-refractivity contribution is 7.89. The molecule has 0 spiro atoms. The van der Waals surface area contributed by atoms with Crippen molar-refractivity contribution in [3.8, 4) is 0 Å². The molecule has 0 amide bonds. The van der Waals surface area contributed by atoms with Crippen LogP contribution < -0.4 is 10.5 Å². The molecule has 0 radical (unpaired) electrons. The lowest BCUT2D eigenvalue weighted by molar-refractivity contribution is 0.580. The Morgan fingerprint density at radius 2 is 2.00 bits per heavy atom. The highest BCUT2D eigenvalue weighted by Crippen LogP contribution is 2.17. The average Bonchev–Trinajstić information content (AvgIpc) is 2.46. The number of rotatable bonds is 5. The molecule has 1 aromatic heterocycles. The first-order chi connectivity index (χ1) is 9.92. The van der Waals surface area contributed by atoms with Crippen LogP contribution in [0.2, 0.25) is 5.02 Å². The molecule has 0 aliphatic rings. The van der Waals surface area contributed by atoms with Crippen LogP contribution in [0.5, 0.6) is 0 Å². The Kier molecular flexibility index (Phi) is 4.89. The molecular weight excluding hydrogens is 330 g/mol. The smallest absolute Gasteiger partial charge is 0.243 e. The fraction of sp³-hybridized carbons (Fsp3) is 0.0769. The van der Waals surface area contributed by atoms with Crippen molar-refractivity contribution in [2.45, 2.75) is 11.4 Å². The van der Waals surface area contributed by atoms with E-state index in [1.165, 1.54) is 18.3 Å². The normalized spacial score (nSPS) is 11.3. The Labute approximate surface area is 133 Å². The summed E-state index contributed by atoms with van der Waals surface area (Å²) < 4.78 is 27.1. The summed E-state index contributed by atoms with van der Waals surface area (Å²) in [6.07, 6.45) is 1.43. The van der Waals surface area contributed by atoms with Gasteiger partial charge in [-0.25, -0.2) is 13.1 Å². The second kappa shape index (κ2) is 6.48. The number of thiocarbonyl (C=S) groups is 1. The van der Waals surface area contributed by atoms with Crippen LogP contribution in [0.15, 0.2) is 47.5 Å². The molecule has 1 heterocycles. The number of nitrogens with two attached hydrogens (primary N) is 1. The van der Waals surface area contributed by atoms with Crippen LogP contribution in [-0.2, 0) is 16.6 Å². The molecule has 0 aliphatic heterocycles. The molecular formula is C13H12ClN3O2S2. The molecule has 0 aliphatic carbocycles. The molecule has 0 bridgehead atoms. The maximum absolute atomic E-state index is 12.3. The molecule has 110 valence electrons. The summed E-state index contributed by atoms with van der Waals surface area (Å²) in [6, 6.07) is 9.88. The SMILES string of the molecule is NC(=S)c1ncccc1S(=O)(=O)NCc1ccccc1Cl. The molecule has 0 unspecified atom stereocenters. The average molecular weight is 342 g/mol. The van der Waals surface area contributed by atoms with E-state index in [2.05, 4.69) is 9.71 Å². The van der Waals surface area contributed by atoms with E-state index >= 15 is 0 Å². The summed E-state index contributed by atoms with van der Waals surface area (Å²) in [5.74, 6) is 0. The lowest BCUT2D eigenvalue weighted by atomic mass is 10.2. The lowest BCUT2D eigenvalue weighted by Gasteiger charge is -2.10. The van der Waals surface area contributed by atoms with Gasteiger partial charge in [0.15, 0.2) is 0 Å². The van der Waals surface area contributed by atoms with Crippen molar-refractivity contribution >= 4 is 38.8 Å². The highest BCUT2D eigenvalue weighted by atomic mass is 35.5. The van der Waals surface area contributed by atoms with E-state index in [0.717, 1.165) is 0 Å². The fourth-order valence-electron chi connectivity index (χ4n) is 1.68. The second-order valence-corrected chi connectivity index (χ2v) is 6.71. The minimum Gasteiger partial charge on any atom is -0.388 e. The minimum absolute atomic E-state index is 0.0513. The molecule has 0 saturated carbocycles. The van der Waals surface area contributed by atoms with E-state index in [4.69, 9.17) is 29.6 Å². The third-order valence-electron chi connectivity index (χ3n) is 2.70. The number of hydrogen-bond donors (Lipinski definition) is 2. The fourth-order valence-corrected chi connectivity index (χ4v) is 3.29. The summed E-state index contributed by atoms with van der Waals surface area (Å²) in [7, 11) is -3.79. The third kappa shape index (κ3) is 3.76. The van der Waals surface area contributed by atoms with Gasteiger partial charge >= 0.3 is 0 Å². The van der Waals surface area contributed by atoms with E-state index in [-0.39, 0.29) is 22.1 Å². The Morgan fingerprint density at radius 3 is 2.67 bits per heavy atom. The van der Waals surface area contributed by atoms with Gasteiger partial charge in [0.1, 0.15) is 15.6 Å². The van der Waals surface area contributed by atoms with Crippen LogP contribution in [0.3, 0.4) is 0 Å². The van der Waals surface area contributed by atoms with Crippen molar-refractivity contribution in [2.75, 3.05) is 0 Å². The van der Waals surface area contributed by atoms with Crippen molar-refractivity contribution in [1.82, 2.24) is 9.71 Å². The van der Waals surface area contributed by atoms with Crippen molar-refractivity contribution in [3.05, 3.63) is 58.9 Å². The summed E-state index contributed by atoms with van der Waals surface area (Å²) >= 11 is 10.8. The largest absolute Gasteiger partial charge is 0.388 e. The number of nitrogens with one attached hydrogen (secondary N) is 1. The molecule has 3 N–H and O–H groups in total. The number of aromatic nitrogens is 1. The van der Waals surface area contributed by atoms with E-state index in [1.54, 1.807) is 24.3 Å². The zero-order chi connectivity index (χ0) is 15.5. The van der Waals surface area contributed by atoms with Crippen LogP contribution in [0.4, 0.5) is 0 Å². The van der Waals surface area contributed by atoms with Crippen molar-refractivity contribution in [2.24, 2.45) is 5.73 Å². The van der Waals surface area contributed by atoms with Gasteiger partial charge in [-0.1, -0.05) is 42.0 Å². The Hall–Kier alpha value is -1.54. The number of sulfonamides is 1. The first-order valence-electron chi connectivity index (χ1n) is 5.89. The van der Waals surface area contributed by atoms with Gasteiger partial charge in [-0.05, 0) is 23.8 Å². The second-order valence-electron chi connectivity index (χ2n) is 4.13. The molecule has 5 nitrogen and oxygen atoms in total. The van der Waals surface area contributed by atoms with E-state index in [0.29, 0.717) is 10.6 Å². The number of benzene rings is 1. The predicted octanol–water partition coefficient (Wildman–Crippen LogP) is 1.85. The summed E-state index contributed by atoms with van der Waals surface area (Å²) in [5, 5.41) is 0.487. The molecule has 0 atom stereocenters. The first kappa shape index (κ1) is 15.8. The quantitative estimate of drug-likeness (QED) is 0.811. The molecule has 21 heavy (non-hydrogen) atoms. The van der Waals surface area contributed by atoms with Gasteiger partial charge in [0, 0.05) is 17.8 Å². The molecule has 0 fully saturated rings. The van der Waals surface area contributed by atoms with Gasteiger partial charge < -0.3 is 5.73 Å². The van der Waals surface area contributed by atoms with Crippen molar-refractivity contribution < 1.29 is 8.42 Å². The summed E-state index contributed by atoms with van der Waals surface area (Å²) in [4.78, 5) is 3.78. The van der Waals surface area contributed by atoms with Crippen LogP contribution >= 0.6 is 23.8 Å². The Morgan fingerprint density at radius 1 is 1.29 bits per heavy atom. The number of hydrogen-bond acceptors (Lipinski definition) is 4. The molecule has 8 heteroatoms. The van der Waals surface area contributed by atoms with Gasteiger partial charge in [-0.15, -0.1) is 0 Å². The minimum atomic E-state index is -3.79. The molecule has 1 aromatic carbocycles. The van der Waals surface area contributed by atoms with Gasteiger partial charge in [-0.3, -0.25) is 4.98 Å². The Bertz CT molecular complexity index is 778. The van der Waals surface area contributed by atoms with Crippen molar-refractivity contribution in [1.29, 1.82) is 0 Å². The standard InChI is InChI=1S/C13H12ClN3O2S2/c14-10-5-2-1-4-9(10)8-17-21(18,19)11-6-3-7-16-12(11)13(15)20/h1-7,17H,8H2,(H2,15,20). The van der Waals surface area contributed by atoms with E-state index in [9.17, 15) is 8.42 Å². The maximum atomic E-state index is 12.3. The summed E-state index contributed by atoms with van der Waals surface area (Å²) in [5.41, 5.74) is 6.24. The first-order valence-corrected chi connectivity index (χ1v) is 8.16. The highest BCUT2D eigenvalue weighted by Gasteiger charge is 2.20. The van der Waals surface area contributed by atoms with Crippen LogP contribution in [0.1, 0.15) is 11.3 Å². The number of pyridine rings is 1. The number of nitrogens with zero attached hydrogens (tertiary/aromatic N) is 1. The van der Waals surface area contributed by atoms with Crippen molar-refractivity contribution in [3.63, 3.8) is 0 Å². The topological polar surface area (TPSA) is 85.1 Å². The molecule has 0 saturated heterocycles. The van der Waals surface area contributed by atoms with Crippen LogP contribution in [-0.4, -0.2) is 18.4 Å². The zero-order valence-electron chi connectivity index (χ0n) is 10.8. The molecule has 2 aromatic rings. The van der Waals surface area contributed by atoms with Gasteiger partial charge in [0.05, 0.1) is 0 Å². The van der Waals surface area contributed by atoms with E-state index in [1.807, 2.05) is 0 Å². The maximum Gasteiger partial charge on any atom is 0.243 e. The molecule has 2 rings (SSSR count). The third-order valence-corrected chi connectivity index (χ3v) is 4.70.